The van der Waals surface area contributed by atoms with Gasteiger partial charge in [0.05, 0.1) is 7.11 Å². The summed E-state index contributed by atoms with van der Waals surface area (Å²) < 4.78 is 23.6. The van der Waals surface area contributed by atoms with Gasteiger partial charge in [0.15, 0.2) is 0 Å². The fourth-order valence-electron chi connectivity index (χ4n) is 0.353. The number of halogens is 2. The topological polar surface area (TPSA) is 29.5 Å². The van der Waals surface area contributed by atoms with Gasteiger partial charge in [0.2, 0.25) is 6.17 Å². The molecule has 1 unspecified atom stereocenters. The predicted molar refractivity (Wildman–Crippen MR) is 30.6 cm³/mol. The van der Waals surface area contributed by atoms with Gasteiger partial charge in [-0.05, 0) is 0 Å². The van der Waals surface area contributed by atoms with Gasteiger partial charge in [-0.25, -0.2) is 13.8 Å². The molecule has 0 aromatic carbocycles. The third-order valence-electron chi connectivity index (χ3n) is 0.988. The summed E-state index contributed by atoms with van der Waals surface area (Å²) in [6.45, 7) is -1.31. The first-order valence-corrected chi connectivity index (χ1v) is 2.65. The van der Waals surface area contributed by atoms with E-state index in [1.165, 1.54) is 14.2 Å². The molecule has 1 atom stereocenters. The van der Waals surface area contributed by atoms with E-state index in [2.05, 4.69) is 4.84 Å². The number of hydrogen-bond acceptors (Lipinski definition) is 2. The van der Waals surface area contributed by atoms with Crippen LogP contribution in [-0.4, -0.2) is 38.0 Å². The van der Waals surface area contributed by atoms with Gasteiger partial charge >= 0.3 is 0 Å². The lowest BCUT2D eigenvalue weighted by Crippen LogP contribution is -2.34. The molecule has 0 heterocycles. The number of carbonyl (C=O) groups excluding carboxylic acids is 1. The first-order chi connectivity index (χ1) is 4.63. The Bertz CT molecular complexity index is 108. The second-order valence-corrected chi connectivity index (χ2v) is 1.64. The summed E-state index contributed by atoms with van der Waals surface area (Å²) in [6.07, 6.45) is -2.11. The lowest BCUT2D eigenvalue weighted by Gasteiger charge is -2.13. The largest absolute Gasteiger partial charge is 0.283 e. The Morgan fingerprint density at radius 2 is 2.30 bits per heavy atom. The molecule has 60 valence electrons. The molecule has 0 saturated carbocycles. The van der Waals surface area contributed by atoms with Crippen LogP contribution in [-0.2, 0) is 9.63 Å². The average Bonchev–Trinajstić information content (AvgIpc) is 2.00. The fraction of sp³-hybridized carbons (Fsp3) is 0.800. The van der Waals surface area contributed by atoms with E-state index >= 15 is 0 Å². The van der Waals surface area contributed by atoms with Crippen molar-refractivity contribution in [2.75, 3.05) is 20.8 Å². The molecule has 0 bridgehead atoms. The minimum atomic E-state index is -2.11. The molecule has 0 rings (SSSR count). The summed E-state index contributed by atoms with van der Waals surface area (Å²) in [7, 11) is 2.41. The van der Waals surface area contributed by atoms with Crippen molar-refractivity contribution < 1.29 is 18.4 Å². The standard InChI is InChI=1S/C5H9F2NO2/c1-8(10-2)5(9)4(7)3-6/h4H,3H2,1-2H3. The maximum absolute atomic E-state index is 12.1. The number of hydroxylamine groups is 2. The van der Waals surface area contributed by atoms with Crippen molar-refractivity contribution in [1.29, 1.82) is 0 Å². The van der Waals surface area contributed by atoms with Crippen LogP contribution < -0.4 is 0 Å². The van der Waals surface area contributed by atoms with Crippen LogP contribution in [0.25, 0.3) is 0 Å². The van der Waals surface area contributed by atoms with Gasteiger partial charge in [-0.3, -0.25) is 9.63 Å². The third-order valence-corrected chi connectivity index (χ3v) is 0.988. The molecule has 0 saturated heterocycles. The molecule has 0 aliphatic rings. The summed E-state index contributed by atoms with van der Waals surface area (Å²) >= 11 is 0. The summed E-state index contributed by atoms with van der Waals surface area (Å²) in [4.78, 5) is 14.8. The normalized spacial score (nSPS) is 12.8. The lowest BCUT2D eigenvalue weighted by atomic mass is 10.4. The highest BCUT2D eigenvalue weighted by Crippen LogP contribution is 1.97. The van der Waals surface area contributed by atoms with Crippen LogP contribution in [0.4, 0.5) is 8.78 Å². The van der Waals surface area contributed by atoms with E-state index in [0.717, 1.165) is 0 Å². The van der Waals surface area contributed by atoms with Crippen LogP contribution in [0.2, 0.25) is 0 Å². The quantitative estimate of drug-likeness (QED) is 0.546. The SMILES string of the molecule is CON(C)C(=O)C(F)CF. The van der Waals surface area contributed by atoms with Crippen molar-refractivity contribution >= 4 is 5.91 Å². The number of amides is 1. The molecule has 0 aliphatic heterocycles. The molecule has 0 aromatic heterocycles. The van der Waals surface area contributed by atoms with Crippen molar-refractivity contribution in [3.63, 3.8) is 0 Å². The molecule has 0 radical (unpaired) electrons. The predicted octanol–water partition coefficient (Wildman–Crippen LogP) is 0.314. The second-order valence-electron chi connectivity index (χ2n) is 1.64. The van der Waals surface area contributed by atoms with E-state index in [0.29, 0.717) is 5.06 Å². The van der Waals surface area contributed by atoms with E-state index in [4.69, 9.17) is 0 Å². The van der Waals surface area contributed by atoms with Gasteiger partial charge in [-0.15, -0.1) is 0 Å². The van der Waals surface area contributed by atoms with E-state index in [9.17, 15) is 13.6 Å². The van der Waals surface area contributed by atoms with Crippen LogP contribution in [0.1, 0.15) is 0 Å². The molecular formula is C5H9F2NO2. The van der Waals surface area contributed by atoms with Crippen LogP contribution in [0, 0.1) is 0 Å². The van der Waals surface area contributed by atoms with Gasteiger partial charge in [0.25, 0.3) is 5.91 Å². The minimum Gasteiger partial charge on any atom is -0.274 e. The van der Waals surface area contributed by atoms with Crippen molar-refractivity contribution in [2.45, 2.75) is 6.17 Å². The first kappa shape index (κ1) is 9.29. The van der Waals surface area contributed by atoms with Crippen LogP contribution in [0.3, 0.4) is 0 Å². The Kier molecular flexibility index (Phi) is 3.87. The first-order valence-electron chi connectivity index (χ1n) is 2.65. The van der Waals surface area contributed by atoms with Crippen LogP contribution >= 0.6 is 0 Å². The maximum atomic E-state index is 12.1. The third kappa shape index (κ3) is 2.26. The Morgan fingerprint density at radius 3 is 2.60 bits per heavy atom. The molecule has 0 N–H and O–H groups in total. The molecule has 5 heteroatoms. The molecule has 10 heavy (non-hydrogen) atoms. The highest BCUT2D eigenvalue weighted by Gasteiger charge is 2.20. The fourth-order valence-corrected chi connectivity index (χ4v) is 0.353. The average molecular weight is 153 g/mol. The maximum Gasteiger partial charge on any atom is 0.283 e. The zero-order chi connectivity index (χ0) is 8.15. The van der Waals surface area contributed by atoms with Crippen LogP contribution in [0.5, 0.6) is 0 Å². The lowest BCUT2D eigenvalue weighted by molar-refractivity contribution is -0.174. The Balaban J connectivity index is 3.82. The van der Waals surface area contributed by atoms with E-state index in [1.807, 2.05) is 0 Å². The summed E-state index contributed by atoms with van der Waals surface area (Å²) in [5.41, 5.74) is 0. The van der Waals surface area contributed by atoms with Crippen molar-refractivity contribution in [1.82, 2.24) is 5.06 Å². The smallest absolute Gasteiger partial charge is 0.274 e. The highest BCUT2D eigenvalue weighted by molar-refractivity contribution is 5.79. The zero-order valence-corrected chi connectivity index (χ0v) is 5.80. The van der Waals surface area contributed by atoms with Crippen LogP contribution in [0.15, 0.2) is 0 Å². The van der Waals surface area contributed by atoms with Crippen molar-refractivity contribution in [3.8, 4) is 0 Å². The summed E-state index contributed by atoms with van der Waals surface area (Å²) in [5, 5.41) is 0.643. The molecule has 3 nitrogen and oxygen atoms in total. The Labute approximate surface area is 57.5 Å². The van der Waals surface area contributed by atoms with E-state index in [1.54, 1.807) is 0 Å². The zero-order valence-electron chi connectivity index (χ0n) is 5.80. The van der Waals surface area contributed by atoms with E-state index < -0.39 is 18.8 Å². The number of carbonyl (C=O) groups is 1. The molecular weight excluding hydrogens is 144 g/mol. The number of rotatable bonds is 3. The molecule has 0 fully saturated rings. The minimum absolute atomic E-state index is 0.643. The van der Waals surface area contributed by atoms with Gasteiger partial charge in [0.1, 0.15) is 6.67 Å². The number of nitrogens with zero attached hydrogens (tertiary/aromatic N) is 1. The van der Waals surface area contributed by atoms with Gasteiger partial charge in [0, 0.05) is 7.05 Å². The number of hydrogen-bond donors (Lipinski definition) is 0. The summed E-state index contributed by atoms with van der Waals surface area (Å²) in [5.74, 6) is -1.01. The van der Waals surface area contributed by atoms with Gasteiger partial charge in [-0.1, -0.05) is 0 Å². The van der Waals surface area contributed by atoms with Crippen molar-refractivity contribution in [2.24, 2.45) is 0 Å². The molecule has 0 spiro atoms. The second kappa shape index (κ2) is 4.16. The highest BCUT2D eigenvalue weighted by atomic mass is 19.2. The molecule has 0 aromatic rings. The van der Waals surface area contributed by atoms with E-state index in [-0.39, 0.29) is 0 Å². The Hall–Kier alpha value is -0.710. The van der Waals surface area contributed by atoms with Gasteiger partial charge in [-0.2, -0.15) is 0 Å². The van der Waals surface area contributed by atoms with Crippen molar-refractivity contribution in [3.05, 3.63) is 0 Å². The van der Waals surface area contributed by atoms with Gasteiger partial charge < -0.3 is 0 Å². The molecule has 1 amide bonds. The molecule has 0 aliphatic carbocycles. The Morgan fingerprint density at radius 1 is 1.80 bits per heavy atom. The summed E-state index contributed by atoms with van der Waals surface area (Å²) in [6, 6.07) is 0. The monoisotopic (exact) mass is 153 g/mol. The number of alkyl halides is 2.